The Kier molecular flexibility index (Phi) is 8.51. The number of carboxylic acids is 1. The van der Waals surface area contributed by atoms with Crippen molar-refractivity contribution in [2.45, 2.75) is 98.5 Å². The number of carbonyl (C=O) groups excluding carboxylic acids is 1. The number of carbonyl (C=O) groups is 2. The van der Waals surface area contributed by atoms with E-state index < -0.39 is 29.2 Å². The number of nitrogens with zero attached hydrogens (tertiary/aromatic N) is 2. The molecule has 8 heteroatoms. The molecule has 234 valence electrons. The molecule has 1 N–H and O–H groups in total. The summed E-state index contributed by atoms with van der Waals surface area (Å²) in [7, 11) is 0. The molecule has 1 aromatic heterocycles. The maximum atomic E-state index is 13.6. The largest absolute Gasteiger partial charge is 0.493 e. The summed E-state index contributed by atoms with van der Waals surface area (Å²) in [6.07, 6.45) is 0.101. The highest BCUT2D eigenvalue weighted by Gasteiger charge is 2.41. The number of aryl methyl sites for hydroxylation is 2. The van der Waals surface area contributed by atoms with Crippen LogP contribution in [0.3, 0.4) is 0 Å². The topological polar surface area (TPSA) is 98.2 Å². The van der Waals surface area contributed by atoms with E-state index in [1.165, 1.54) is 0 Å². The Morgan fingerprint density at radius 1 is 1.11 bits per heavy atom. The molecule has 8 nitrogen and oxygen atoms in total. The monoisotopic (exact) mass is 600 g/mol. The van der Waals surface area contributed by atoms with Crippen molar-refractivity contribution in [3.05, 3.63) is 81.2 Å². The first kappa shape index (κ1) is 31.5. The number of aromatic nitrogens is 1. The van der Waals surface area contributed by atoms with E-state index in [1.54, 1.807) is 4.90 Å². The van der Waals surface area contributed by atoms with Crippen LogP contribution in [0.15, 0.2) is 36.4 Å². The number of pyridine rings is 1. The fourth-order valence-electron chi connectivity index (χ4n) is 6.57. The van der Waals surface area contributed by atoms with Gasteiger partial charge in [-0.3, -0.25) is 4.98 Å². The van der Waals surface area contributed by atoms with E-state index in [2.05, 4.69) is 26.8 Å². The van der Waals surface area contributed by atoms with Crippen LogP contribution in [0.2, 0.25) is 0 Å². The van der Waals surface area contributed by atoms with Crippen molar-refractivity contribution in [2.24, 2.45) is 0 Å². The standard InChI is InChI=1S/C36H44N2O6/c1-21-17-26(22(2)25-15-12-16-42-30(21)25)29-27-18-38(34(41)43-19-24-13-10-9-11-14-24)20-36(7,8)32(27)37-23(3)28(29)31(33(39)40)44-35(4,5)6/h9-11,13-14,17,31H,12,15-16,18-20H2,1-8H3,(H,39,40)/t31-/m0/s1. The summed E-state index contributed by atoms with van der Waals surface area (Å²) in [6, 6.07) is 11.7. The van der Waals surface area contributed by atoms with E-state index in [-0.39, 0.29) is 13.2 Å². The number of amides is 1. The zero-order valence-electron chi connectivity index (χ0n) is 27.2. The summed E-state index contributed by atoms with van der Waals surface area (Å²) in [6.45, 7) is 17.1. The molecule has 3 aromatic rings. The Balaban J connectivity index is 1.72. The van der Waals surface area contributed by atoms with E-state index >= 15 is 0 Å². The van der Waals surface area contributed by atoms with E-state index in [9.17, 15) is 14.7 Å². The Bertz CT molecular complexity index is 1590. The summed E-state index contributed by atoms with van der Waals surface area (Å²) in [5.74, 6) is -0.179. The molecule has 1 atom stereocenters. The lowest BCUT2D eigenvalue weighted by atomic mass is 9.76. The minimum Gasteiger partial charge on any atom is -0.493 e. The van der Waals surface area contributed by atoms with Gasteiger partial charge in [0.25, 0.3) is 0 Å². The zero-order valence-corrected chi connectivity index (χ0v) is 27.2. The Morgan fingerprint density at radius 3 is 2.48 bits per heavy atom. The first-order chi connectivity index (χ1) is 20.7. The first-order valence-electron chi connectivity index (χ1n) is 15.3. The van der Waals surface area contributed by atoms with Crippen LogP contribution in [0, 0.1) is 20.8 Å². The number of ether oxygens (including phenoxy) is 3. The van der Waals surface area contributed by atoms with Crippen LogP contribution >= 0.6 is 0 Å². The Morgan fingerprint density at radius 2 is 1.82 bits per heavy atom. The number of benzene rings is 2. The molecule has 3 heterocycles. The van der Waals surface area contributed by atoms with Crippen LogP contribution < -0.4 is 4.74 Å². The third kappa shape index (κ3) is 6.18. The second kappa shape index (κ2) is 11.9. The number of hydrogen-bond donors (Lipinski definition) is 1. The van der Waals surface area contributed by atoms with Crippen LogP contribution in [0.1, 0.15) is 91.9 Å². The summed E-state index contributed by atoms with van der Waals surface area (Å²) in [5.41, 5.74) is 7.30. The second-order valence-electron chi connectivity index (χ2n) is 13.7. The van der Waals surface area contributed by atoms with Gasteiger partial charge in [0.05, 0.1) is 24.4 Å². The van der Waals surface area contributed by atoms with Gasteiger partial charge in [0, 0.05) is 28.8 Å². The molecule has 2 aliphatic rings. The van der Waals surface area contributed by atoms with Gasteiger partial charge in [0.15, 0.2) is 6.10 Å². The third-order valence-electron chi connectivity index (χ3n) is 8.46. The van der Waals surface area contributed by atoms with Gasteiger partial charge < -0.3 is 24.2 Å². The van der Waals surface area contributed by atoms with Crippen molar-refractivity contribution in [3.8, 4) is 16.9 Å². The molecule has 0 radical (unpaired) electrons. The maximum absolute atomic E-state index is 13.6. The highest BCUT2D eigenvalue weighted by Crippen LogP contribution is 2.47. The number of rotatable bonds is 6. The molecule has 0 saturated heterocycles. The van der Waals surface area contributed by atoms with E-state index in [1.807, 2.05) is 65.0 Å². The fourth-order valence-corrected chi connectivity index (χ4v) is 6.57. The molecule has 2 aliphatic heterocycles. The van der Waals surface area contributed by atoms with Crippen molar-refractivity contribution < 1.29 is 28.9 Å². The molecule has 0 unspecified atom stereocenters. The van der Waals surface area contributed by atoms with Crippen LogP contribution in [-0.2, 0) is 39.3 Å². The summed E-state index contributed by atoms with van der Waals surface area (Å²) < 4.78 is 18.1. The minimum absolute atomic E-state index is 0.164. The molecule has 0 bridgehead atoms. The van der Waals surface area contributed by atoms with Gasteiger partial charge >= 0.3 is 12.1 Å². The summed E-state index contributed by atoms with van der Waals surface area (Å²) >= 11 is 0. The van der Waals surface area contributed by atoms with Gasteiger partial charge in [-0.15, -0.1) is 0 Å². The Labute approximate surface area is 260 Å². The molecule has 5 rings (SSSR count). The van der Waals surface area contributed by atoms with Crippen molar-refractivity contribution >= 4 is 12.1 Å². The third-order valence-corrected chi connectivity index (χ3v) is 8.46. The lowest BCUT2D eigenvalue weighted by Gasteiger charge is -2.41. The van der Waals surface area contributed by atoms with Crippen molar-refractivity contribution in [1.82, 2.24) is 9.88 Å². The summed E-state index contributed by atoms with van der Waals surface area (Å²) in [4.78, 5) is 33.3. The van der Waals surface area contributed by atoms with Crippen LogP contribution in [0.4, 0.5) is 4.79 Å². The van der Waals surface area contributed by atoms with Crippen LogP contribution in [0.25, 0.3) is 11.1 Å². The Hall–Kier alpha value is -3.91. The van der Waals surface area contributed by atoms with Crippen LogP contribution in [-0.4, -0.2) is 45.8 Å². The number of carboxylic acid groups (broad SMARTS) is 1. The van der Waals surface area contributed by atoms with Gasteiger partial charge in [-0.05, 0) is 93.8 Å². The predicted molar refractivity (Wildman–Crippen MR) is 169 cm³/mol. The quantitative estimate of drug-likeness (QED) is 0.315. The molecule has 0 aliphatic carbocycles. The lowest BCUT2D eigenvalue weighted by molar-refractivity contribution is -0.160. The number of hydrogen-bond acceptors (Lipinski definition) is 6. The highest BCUT2D eigenvalue weighted by molar-refractivity contribution is 5.85. The molecule has 0 fully saturated rings. The lowest BCUT2D eigenvalue weighted by Crippen LogP contribution is -2.46. The molecular weight excluding hydrogens is 556 g/mol. The maximum Gasteiger partial charge on any atom is 0.410 e. The molecule has 1 amide bonds. The average Bonchev–Trinajstić information content (AvgIpc) is 2.96. The van der Waals surface area contributed by atoms with E-state index in [4.69, 9.17) is 19.2 Å². The van der Waals surface area contributed by atoms with Crippen molar-refractivity contribution in [1.29, 1.82) is 0 Å². The van der Waals surface area contributed by atoms with E-state index in [0.717, 1.165) is 63.2 Å². The summed E-state index contributed by atoms with van der Waals surface area (Å²) in [5, 5.41) is 10.6. The van der Waals surface area contributed by atoms with Gasteiger partial charge in [-0.2, -0.15) is 0 Å². The number of fused-ring (bicyclic) bond motifs is 2. The van der Waals surface area contributed by atoms with Crippen molar-refractivity contribution in [2.75, 3.05) is 13.2 Å². The van der Waals surface area contributed by atoms with Gasteiger partial charge in [0.1, 0.15) is 12.4 Å². The number of aliphatic carboxylic acids is 1. The minimum atomic E-state index is -1.27. The molecule has 2 aromatic carbocycles. The average molecular weight is 601 g/mol. The molecule has 44 heavy (non-hydrogen) atoms. The van der Waals surface area contributed by atoms with Crippen LogP contribution in [0.5, 0.6) is 5.75 Å². The smallest absolute Gasteiger partial charge is 0.410 e. The molecule has 0 spiro atoms. The normalized spacial score (nSPS) is 16.4. The second-order valence-corrected chi connectivity index (χ2v) is 13.7. The van der Waals surface area contributed by atoms with Crippen molar-refractivity contribution in [3.63, 3.8) is 0 Å². The molecule has 0 saturated carbocycles. The highest BCUT2D eigenvalue weighted by atomic mass is 16.6. The predicted octanol–water partition coefficient (Wildman–Crippen LogP) is 7.37. The first-order valence-corrected chi connectivity index (χ1v) is 15.3. The molecular formula is C36H44N2O6. The zero-order chi connectivity index (χ0) is 32.0. The van der Waals surface area contributed by atoms with E-state index in [0.29, 0.717) is 24.4 Å². The van der Waals surface area contributed by atoms with Gasteiger partial charge in [-0.25, -0.2) is 9.59 Å². The fraction of sp³-hybridized carbons (Fsp3) is 0.472. The van der Waals surface area contributed by atoms with Gasteiger partial charge in [0.2, 0.25) is 0 Å². The van der Waals surface area contributed by atoms with Gasteiger partial charge in [-0.1, -0.05) is 44.2 Å². The SMILES string of the molecule is Cc1cc(-c2c3c(nc(C)c2[C@H](OC(C)(C)C)C(=O)O)C(C)(C)CN(C(=O)OCc2ccccc2)C3)c(C)c2c1OCCC2.